The lowest BCUT2D eigenvalue weighted by atomic mass is 10.1. The van der Waals surface area contributed by atoms with Gasteiger partial charge in [-0.1, -0.05) is 31.5 Å². The maximum Gasteiger partial charge on any atom is 0.240 e. The molecule has 1 unspecified atom stereocenters. The van der Waals surface area contributed by atoms with Crippen molar-refractivity contribution in [2.75, 3.05) is 6.61 Å². The lowest BCUT2D eigenvalue weighted by Crippen LogP contribution is -2.38. The van der Waals surface area contributed by atoms with Gasteiger partial charge in [0.1, 0.15) is 0 Å². The van der Waals surface area contributed by atoms with Gasteiger partial charge >= 0.3 is 0 Å². The van der Waals surface area contributed by atoms with Crippen LogP contribution in [-0.4, -0.2) is 26.2 Å². The molecule has 0 fully saturated rings. The number of hydrogen-bond donors (Lipinski definition) is 2. The van der Waals surface area contributed by atoms with Crippen LogP contribution in [0.2, 0.25) is 5.02 Å². The Morgan fingerprint density at radius 2 is 2.00 bits per heavy atom. The molecule has 0 amide bonds. The van der Waals surface area contributed by atoms with E-state index in [2.05, 4.69) is 4.72 Å². The third-order valence-corrected chi connectivity index (χ3v) is 4.68. The van der Waals surface area contributed by atoms with Gasteiger partial charge in [0.25, 0.3) is 0 Å². The van der Waals surface area contributed by atoms with Crippen molar-refractivity contribution >= 4 is 21.6 Å². The van der Waals surface area contributed by atoms with Gasteiger partial charge in [0.15, 0.2) is 0 Å². The quantitative estimate of drug-likeness (QED) is 0.847. The Labute approximate surface area is 119 Å². The van der Waals surface area contributed by atoms with Gasteiger partial charge < -0.3 is 5.11 Å². The number of sulfonamides is 1. The SMILES string of the molecule is Cc1ccc(S(=O)(=O)NC(CO)CC(C)C)cc1Cl. The first-order valence-corrected chi connectivity index (χ1v) is 8.01. The molecule has 6 heteroatoms. The van der Waals surface area contributed by atoms with Crippen molar-refractivity contribution in [3.8, 4) is 0 Å². The molecule has 1 aromatic rings. The predicted octanol–water partition coefficient (Wildman–Crippen LogP) is 2.33. The topological polar surface area (TPSA) is 66.4 Å². The Bertz CT molecular complexity index is 529. The standard InChI is InChI=1S/C13H20ClNO3S/c1-9(2)6-11(8-16)15-19(17,18)12-5-4-10(3)13(14)7-12/h4-5,7,9,11,15-16H,6,8H2,1-3H3. The Balaban J connectivity index is 2.93. The molecule has 1 atom stereocenters. The molecule has 1 rings (SSSR count). The average Bonchev–Trinajstić information content (AvgIpc) is 2.30. The number of nitrogens with one attached hydrogen (secondary N) is 1. The fourth-order valence-electron chi connectivity index (χ4n) is 1.76. The van der Waals surface area contributed by atoms with E-state index in [0.717, 1.165) is 5.56 Å². The van der Waals surface area contributed by atoms with Gasteiger partial charge in [-0.25, -0.2) is 13.1 Å². The van der Waals surface area contributed by atoms with Crippen LogP contribution in [0.15, 0.2) is 23.1 Å². The summed E-state index contributed by atoms with van der Waals surface area (Å²) in [7, 11) is -3.65. The Kier molecular flexibility index (Phi) is 5.80. The predicted molar refractivity (Wildman–Crippen MR) is 76.8 cm³/mol. The van der Waals surface area contributed by atoms with Crippen LogP contribution in [0.5, 0.6) is 0 Å². The summed E-state index contributed by atoms with van der Waals surface area (Å²) in [6.45, 7) is 5.53. The fraction of sp³-hybridized carbons (Fsp3) is 0.538. The lowest BCUT2D eigenvalue weighted by Gasteiger charge is -2.18. The molecule has 1 aromatic carbocycles. The van der Waals surface area contributed by atoms with Crippen molar-refractivity contribution < 1.29 is 13.5 Å². The zero-order chi connectivity index (χ0) is 14.6. The molecule has 4 nitrogen and oxygen atoms in total. The molecule has 2 N–H and O–H groups in total. The average molecular weight is 306 g/mol. The summed E-state index contributed by atoms with van der Waals surface area (Å²) in [4.78, 5) is 0.116. The van der Waals surface area contributed by atoms with Gasteiger partial charge in [0.2, 0.25) is 10.0 Å². The number of benzene rings is 1. The van der Waals surface area contributed by atoms with E-state index >= 15 is 0 Å². The third-order valence-electron chi connectivity index (χ3n) is 2.75. The van der Waals surface area contributed by atoms with Crippen LogP contribution < -0.4 is 4.72 Å². The number of aryl methyl sites for hydroxylation is 1. The van der Waals surface area contributed by atoms with Gasteiger partial charge in [-0.2, -0.15) is 0 Å². The first-order valence-electron chi connectivity index (χ1n) is 6.15. The summed E-state index contributed by atoms with van der Waals surface area (Å²) in [6, 6.07) is 4.11. The van der Waals surface area contributed by atoms with Crippen LogP contribution in [0.3, 0.4) is 0 Å². The molecule has 0 aliphatic carbocycles. The van der Waals surface area contributed by atoms with Crippen LogP contribution >= 0.6 is 11.6 Å². The highest BCUT2D eigenvalue weighted by molar-refractivity contribution is 7.89. The maximum atomic E-state index is 12.2. The van der Waals surface area contributed by atoms with Gasteiger partial charge in [-0.05, 0) is 37.0 Å². The zero-order valence-corrected chi connectivity index (χ0v) is 12.9. The number of hydrogen-bond acceptors (Lipinski definition) is 3. The zero-order valence-electron chi connectivity index (χ0n) is 11.4. The fourth-order valence-corrected chi connectivity index (χ4v) is 3.27. The van der Waals surface area contributed by atoms with Crippen LogP contribution in [0, 0.1) is 12.8 Å². The summed E-state index contributed by atoms with van der Waals surface area (Å²) in [5.41, 5.74) is 0.821. The van der Waals surface area contributed by atoms with Gasteiger partial charge in [-0.3, -0.25) is 0 Å². The lowest BCUT2D eigenvalue weighted by molar-refractivity contribution is 0.240. The second-order valence-electron chi connectivity index (χ2n) is 5.04. The second-order valence-corrected chi connectivity index (χ2v) is 7.16. The Morgan fingerprint density at radius 1 is 1.37 bits per heavy atom. The first-order chi connectivity index (χ1) is 8.76. The van der Waals surface area contributed by atoms with E-state index in [4.69, 9.17) is 11.6 Å². The van der Waals surface area contributed by atoms with E-state index in [9.17, 15) is 13.5 Å². The maximum absolute atomic E-state index is 12.2. The van der Waals surface area contributed by atoms with Crippen molar-refractivity contribution in [1.29, 1.82) is 0 Å². The summed E-state index contributed by atoms with van der Waals surface area (Å²) < 4.78 is 26.8. The van der Waals surface area contributed by atoms with Gasteiger partial charge in [-0.15, -0.1) is 0 Å². The minimum Gasteiger partial charge on any atom is -0.395 e. The van der Waals surface area contributed by atoms with E-state index in [1.54, 1.807) is 13.0 Å². The third kappa shape index (κ3) is 4.76. The van der Waals surface area contributed by atoms with Crippen molar-refractivity contribution in [1.82, 2.24) is 4.72 Å². The minimum atomic E-state index is -3.65. The number of halogens is 1. The van der Waals surface area contributed by atoms with E-state index < -0.39 is 16.1 Å². The monoisotopic (exact) mass is 305 g/mol. The van der Waals surface area contributed by atoms with Gasteiger partial charge in [0, 0.05) is 11.1 Å². The van der Waals surface area contributed by atoms with E-state index in [-0.39, 0.29) is 11.5 Å². The van der Waals surface area contributed by atoms with Crippen molar-refractivity contribution in [2.45, 2.75) is 38.1 Å². The summed E-state index contributed by atoms with van der Waals surface area (Å²) >= 11 is 5.93. The Morgan fingerprint density at radius 3 is 2.47 bits per heavy atom. The molecule has 0 saturated carbocycles. The molecule has 0 saturated heterocycles. The number of aliphatic hydroxyl groups is 1. The highest BCUT2D eigenvalue weighted by atomic mass is 35.5. The molecule has 0 heterocycles. The first kappa shape index (κ1) is 16.4. The molecular weight excluding hydrogens is 286 g/mol. The van der Waals surface area contributed by atoms with Crippen molar-refractivity contribution in [2.24, 2.45) is 5.92 Å². The Hall–Kier alpha value is -0.620. The summed E-state index contributed by atoms with van der Waals surface area (Å²) in [5.74, 6) is 0.293. The minimum absolute atomic E-state index is 0.116. The van der Waals surface area contributed by atoms with Crippen molar-refractivity contribution in [3.05, 3.63) is 28.8 Å². The molecular formula is C13H20ClNO3S. The van der Waals surface area contributed by atoms with Gasteiger partial charge in [0.05, 0.1) is 11.5 Å². The molecule has 0 radical (unpaired) electrons. The molecule has 0 aliphatic rings. The molecule has 0 spiro atoms. The van der Waals surface area contributed by atoms with Crippen LogP contribution in [-0.2, 0) is 10.0 Å². The number of aliphatic hydroxyl groups excluding tert-OH is 1. The highest BCUT2D eigenvalue weighted by Gasteiger charge is 2.20. The molecule has 0 aliphatic heterocycles. The van der Waals surface area contributed by atoms with Crippen LogP contribution in [0.25, 0.3) is 0 Å². The second kappa shape index (κ2) is 6.70. The molecule has 19 heavy (non-hydrogen) atoms. The number of rotatable bonds is 6. The summed E-state index contributed by atoms with van der Waals surface area (Å²) in [5, 5.41) is 9.64. The largest absolute Gasteiger partial charge is 0.395 e. The van der Waals surface area contributed by atoms with Crippen LogP contribution in [0.4, 0.5) is 0 Å². The molecule has 0 aromatic heterocycles. The smallest absolute Gasteiger partial charge is 0.240 e. The van der Waals surface area contributed by atoms with Crippen molar-refractivity contribution in [3.63, 3.8) is 0 Å². The summed E-state index contributed by atoms with van der Waals surface area (Å²) in [6.07, 6.45) is 0.579. The van der Waals surface area contributed by atoms with Crippen LogP contribution in [0.1, 0.15) is 25.8 Å². The van der Waals surface area contributed by atoms with E-state index in [1.807, 2.05) is 13.8 Å². The molecule has 108 valence electrons. The molecule has 0 bridgehead atoms. The normalized spacial score (nSPS) is 13.8. The van der Waals surface area contributed by atoms with E-state index in [0.29, 0.717) is 17.4 Å². The highest BCUT2D eigenvalue weighted by Crippen LogP contribution is 2.20. The van der Waals surface area contributed by atoms with E-state index in [1.165, 1.54) is 12.1 Å².